The molecule has 0 aromatic heterocycles. The summed E-state index contributed by atoms with van der Waals surface area (Å²) < 4.78 is 6.11. The van der Waals surface area contributed by atoms with Gasteiger partial charge in [-0.2, -0.15) is 5.06 Å². The van der Waals surface area contributed by atoms with Crippen molar-refractivity contribution < 1.29 is 19.5 Å². The number of carbonyl (C=O) groups excluding carboxylic acids is 2. The largest absolute Gasteiger partial charge is 0.346 e. The Balaban J connectivity index is 1.83. The summed E-state index contributed by atoms with van der Waals surface area (Å²) in [5.41, 5.74) is -1.55. The molecule has 2 saturated carbocycles. The van der Waals surface area contributed by atoms with E-state index in [9.17, 15) is 14.8 Å². The molecule has 2 bridgehead atoms. The predicted octanol–water partition coefficient (Wildman–Crippen LogP) is 1.92. The molecule has 0 unspecified atom stereocenters. The van der Waals surface area contributed by atoms with Crippen molar-refractivity contribution in [2.24, 2.45) is 17.3 Å². The van der Waals surface area contributed by atoms with Gasteiger partial charge in [-0.05, 0) is 43.9 Å². The van der Waals surface area contributed by atoms with Gasteiger partial charge in [0.2, 0.25) is 0 Å². The zero-order valence-corrected chi connectivity index (χ0v) is 12.5. The zero-order valence-electron chi connectivity index (χ0n) is 12.5. The van der Waals surface area contributed by atoms with E-state index in [-0.39, 0.29) is 17.5 Å². The predicted molar refractivity (Wildman–Crippen MR) is 73.5 cm³/mol. The maximum absolute atomic E-state index is 13.0. The third-order valence-electron chi connectivity index (χ3n) is 6.39. The molecule has 2 heterocycles. The molecule has 4 aliphatic rings. The van der Waals surface area contributed by atoms with E-state index in [1.165, 1.54) is 5.06 Å². The van der Waals surface area contributed by atoms with Gasteiger partial charge in [0, 0.05) is 19.4 Å². The molecule has 2 aliphatic carbocycles. The molecule has 0 radical (unpaired) electrons. The number of hydrogen-bond acceptors (Lipinski definition) is 5. The number of carbonyl (C=O) groups is 2. The molecule has 2 spiro atoms. The number of fused-ring (bicyclic) bond motifs is 1. The van der Waals surface area contributed by atoms with Crippen LogP contribution in [0.25, 0.3) is 0 Å². The van der Waals surface area contributed by atoms with Crippen molar-refractivity contribution in [1.29, 1.82) is 0 Å². The number of rotatable bonds is 0. The van der Waals surface area contributed by atoms with Gasteiger partial charge in [-0.1, -0.05) is 6.92 Å². The first-order valence-electron chi connectivity index (χ1n) is 8.19. The smallest absolute Gasteiger partial charge is 0.166 e. The van der Waals surface area contributed by atoms with Gasteiger partial charge in [0.15, 0.2) is 5.78 Å². The number of nitrogens with zero attached hydrogens (tertiary/aromatic N) is 1. The second-order valence-electron chi connectivity index (χ2n) is 7.47. The van der Waals surface area contributed by atoms with Gasteiger partial charge in [-0.25, -0.2) is 0 Å². The van der Waals surface area contributed by atoms with Crippen LogP contribution in [0.1, 0.15) is 51.9 Å². The van der Waals surface area contributed by atoms with Crippen molar-refractivity contribution in [3.05, 3.63) is 0 Å². The van der Waals surface area contributed by atoms with E-state index in [1.807, 2.05) is 0 Å². The number of hydroxylamine groups is 2. The Labute approximate surface area is 124 Å². The number of hydrogen-bond donors (Lipinski definition) is 1. The lowest BCUT2D eigenvalue weighted by Crippen LogP contribution is -2.59. The first-order chi connectivity index (χ1) is 9.99. The number of ether oxygens (including phenoxy) is 1. The summed E-state index contributed by atoms with van der Waals surface area (Å²) >= 11 is 0. The molecule has 1 N–H and O–H groups in total. The molecular formula is C16H23NO4. The van der Waals surface area contributed by atoms with Gasteiger partial charge in [0.05, 0.1) is 5.41 Å². The highest BCUT2D eigenvalue weighted by atomic mass is 16.6. The minimum Gasteiger partial charge on any atom is -0.346 e. The molecule has 4 rings (SSSR count). The minimum absolute atomic E-state index is 0.104. The molecule has 21 heavy (non-hydrogen) atoms. The Morgan fingerprint density at radius 1 is 1.24 bits per heavy atom. The maximum atomic E-state index is 13.0. The van der Waals surface area contributed by atoms with E-state index in [2.05, 4.69) is 6.92 Å². The first kappa shape index (κ1) is 13.9. The minimum atomic E-state index is -0.943. The summed E-state index contributed by atoms with van der Waals surface area (Å²) in [4.78, 5) is 25.8. The normalized spacial score (nSPS) is 50.5. The van der Waals surface area contributed by atoms with E-state index in [0.29, 0.717) is 44.6 Å². The van der Waals surface area contributed by atoms with Crippen molar-refractivity contribution >= 4 is 11.6 Å². The quantitative estimate of drug-likeness (QED) is 0.739. The van der Waals surface area contributed by atoms with E-state index in [1.54, 1.807) is 0 Å². The third-order valence-corrected chi connectivity index (χ3v) is 6.39. The highest BCUT2D eigenvalue weighted by molar-refractivity contribution is 6.02. The Hall–Kier alpha value is -0.780. The summed E-state index contributed by atoms with van der Waals surface area (Å²) in [6.07, 6.45) is 4.24. The van der Waals surface area contributed by atoms with Crippen LogP contribution in [0.2, 0.25) is 0 Å². The lowest BCUT2D eigenvalue weighted by atomic mass is 9.56. The van der Waals surface area contributed by atoms with Gasteiger partial charge in [0.25, 0.3) is 0 Å². The topological polar surface area (TPSA) is 66.8 Å². The highest BCUT2D eigenvalue weighted by Crippen LogP contribution is 2.63. The van der Waals surface area contributed by atoms with Crippen LogP contribution in [0.15, 0.2) is 0 Å². The maximum Gasteiger partial charge on any atom is 0.166 e. The van der Waals surface area contributed by atoms with Gasteiger partial charge < -0.3 is 9.94 Å². The van der Waals surface area contributed by atoms with Crippen LogP contribution in [0, 0.1) is 17.3 Å². The fraction of sp³-hybridized carbons (Fsp3) is 0.875. The Bertz CT molecular complexity index is 507. The molecule has 2 aliphatic heterocycles. The summed E-state index contributed by atoms with van der Waals surface area (Å²) in [5.74, 6) is 0.857. The third kappa shape index (κ3) is 1.57. The molecule has 116 valence electrons. The van der Waals surface area contributed by atoms with Crippen molar-refractivity contribution in [3.8, 4) is 0 Å². The fourth-order valence-electron chi connectivity index (χ4n) is 5.58. The molecule has 0 aromatic carbocycles. The van der Waals surface area contributed by atoms with Gasteiger partial charge in [0.1, 0.15) is 17.6 Å². The second kappa shape index (κ2) is 4.37. The van der Waals surface area contributed by atoms with Gasteiger partial charge >= 0.3 is 0 Å². The summed E-state index contributed by atoms with van der Waals surface area (Å²) in [6, 6.07) is 0. The van der Waals surface area contributed by atoms with Crippen molar-refractivity contribution in [1.82, 2.24) is 5.06 Å². The highest BCUT2D eigenvalue weighted by Gasteiger charge is 2.72. The molecule has 5 nitrogen and oxygen atoms in total. The Morgan fingerprint density at radius 3 is 2.86 bits per heavy atom. The second-order valence-corrected chi connectivity index (χ2v) is 7.47. The van der Waals surface area contributed by atoms with Gasteiger partial charge in [-0.15, -0.1) is 0 Å². The molecule has 0 aromatic rings. The SMILES string of the molecule is C[C@H]1CC(=O)[C@]23CCCN(O)[C@@H]4CC[C@]2(O4)C(=O)C[C@@H]3C1. The van der Waals surface area contributed by atoms with Crippen molar-refractivity contribution in [2.75, 3.05) is 6.54 Å². The van der Waals surface area contributed by atoms with Crippen LogP contribution in [0.4, 0.5) is 0 Å². The molecule has 5 atom stereocenters. The van der Waals surface area contributed by atoms with Crippen LogP contribution in [-0.4, -0.2) is 40.2 Å². The lowest BCUT2D eigenvalue weighted by molar-refractivity contribution is -0.251. The van der Waals surface area contributed by atoms with E-state index >= 15 is 0 Å². The first-order valence-corrected chi connectivity index (χ1v) is 8.19. The van der Waals surface area contributed by atoms with Crippen LogP contribution >= 0.6 is 0 Å². The average Bonchev–Trinajstić information content (AvgIpc) is 2.95. The van der Waals surface area contributed by atoms with Crippen molar-refractivity contribution in [3.63, 3.8) is 0 Å². The van der Waals surface area contributed by atoms with Crippen LogP contribution < -0.4 is 0 Å². The van der Waals surface area contributed by atoms with Crippen LogP contribution in [0.5, 0.6) is 0 Å². The van der Waals surface area contributed by atoms with Gasteiger partial charge in [-0.3, -0.25) is 9.59 Å². The summed E-state index contributed by atoms with van der Waals surface area (Å²) in [7, 11) is 0. The van der Waals surface area contributed by atoms with E-state index < -0.39 is 17.2 Å². The molecule has 5 heteroatoms. The summed E-state index contributed by atoms with van der Waals surface area (Å²) in [6.45, 7) is 2.63. The summed E-state index contributed by atoms with van der Waals surface area (Å²) in [5, 5.41) is 11.2. The molecule has 4 fully saturated rings. The fourth-order valence-corrected chi connectivity index (χ4v) is 5.58. The Kier molecular flexibility index (Phi) is 2.88. The van der Waals surface area contributed by atoms with E-state index in [0.717, 1.165) is 12.8 Å². The Morgan fingerprint density at radius 2 is 2.05 bits per heavy atom. The molecule has 0 amide bonds. The number of Topliss-reactive ketones (excluding diaryl/α,β-unsaturated/α-hetero) is 2. The number of ketones is 2. The van der Waals surface area contributed by atoms with Crippen molar-refractivity contribution in [2.45, 2.75) is 63.7 Å². The van der Waals surface area contributed by atoms with Crippen LogP contribution in [-0.2, 0) is 14.3 Å². The van der Waals surface area contributed by atoms with Crippen LogP contribution in [0.3, 0.4) is 0 Å². The lowest BCUT2D eigenvalue weighted by Gasteiger charge is -2.49. The average molecular weight is 293 g/mol. The monoisotopic (exact) mass is 293 g/mol. The zero-order chi connectivity index (χ0) is 14.8. The van der Waals surface area contributed by atoms with E-state index in [4.69, 9.17) is 4.74 Å². The molecule has 2 saturated heterocycles. The standard InChI is InChI=1S/C16H23NO4/c1-10-7-11-9-13(19)16-5-3-14(21-16)17(20)6-2-4-15(11,16)12(18)8-10/h10-11,14,20H,2-9H2,1H3/t10-,11+,14+,15-,16+/m1/s1. The molecular weight excluding hydrogens is 270 g/mol.